The van der Waals surface area contributed by atoms with Crippen LogP contribution in [0.1, 0.15) is 11.4 Å². The van der Waals surface area contributed by atoms with Crippen LogP contribution >= 0.6 is 0 Å². The molecule has 0 fully saturated rings. The van der Waals surface area contributed by atoms with Crippen molar-refractivity contribution in [2.24, 2.45) is 0 Å². The third kappa shape index (κ3) is 2.31. The number of para-hydroxylation sites is 1. The maximum atomic E-state index is 12.0. The fraction of sp³-hybridized carbons (Fsp3) is 0.286. The SMILES string of the molecule is COc1cccc(-c2nc(C)c(C)[nH]c2=O)c1OC. The Morgan fingerprint density at radius 2 is 1.89 bits per heavy atom. The van der Waals surface area contributed by atoms with Gasteiger partial charge < -0.3 is 14.5 Å². The first kappa shape index (κ1) is 13.1. The van der Waals surface area contributed by atoms with Crippen molar-refractivity contribution < 1.29 is 9.47 Å². The topological polar surface area (TPSA) is 64.2 Å². The molecule has 100 valence electrons. The molecule has 1 N–H and O–H groups in total. The Balaban J connectivity index is 2.72. The van der Waals surface area contributed by atoms with E-state index >= 15 is 0 Å². The fourth-order valence-electron chi connectivity index (χ4n) is 1.88. The molecule has 0 spiro atoms. The van der Waals surface area contributed by atoms with Crippen LogP contribution in [0.15, 0.2) is 23.0 Å². The van der Waals surface area contributed by atoms with Gasteiger partial charge in [0.2, 0.25) is 0 Å². The summed E-state index contributed by atoms with van der Waals surface area (Å²) in [5.41, 5.74) is 2.25. The standard InChI is InChI=1S/C14H16N2O3/c1-8-9(2)16-14(17)12(15-8)10-6-5-7-11(18-3)13(10)19-4/h5-7H,1-4H3,(H,16,17). The summed E-state index contributed by atoms with van der Waals surface area (Å²) in [5.74, 6) is 1.07. The largest absolute Gasteiger partial charge is 0.493 e. The highest BCUT2D eigenvalue weighted by atomic mass is 16.5. The van der Waals surface area contributed by atoms with Crippen molar-refractivity contribution >= 4 is 0 Å². The van der Waals surface area contributed by atoms with E-state index in [0.29, 0.717) is 22.8 Å². The highest BCUT2D eigenvalue weighted by Crippen LogP contribution is 2.35. The molecule has 0 bridgehead atoms. The minimum atomic E-state index is -0.241. The van der Waals surface area contributed by atoms with Crippen LogP contribution in [0.4, 0.5) is 0 Å². The van der Waals surface area contributed by atoms with E-state index in [1.165, 1.54) is 7.11 Å². The number of methoxy groups -OCH3 is 2. The van der Waals surface area contributed by atoms with Gasteiger partial charge in [0, 0.05) is 5.69 Å². The summed E-state index contributed by atoms with van der Waals surface area (Å²) in [6, 6.07) is 5.36. The second-order valence-electron chi connectivity index (χ2n) is 4.17. The minimum Gasteiger partial charge on any atom is -0.493 e. The van der Waals surface area contributed by atoms with Crippen LogP contribution in [-0.4, -0.2) is 24.2 Å². The van der Waals surface area contributed by atoms with Gasteiger partial charge in [-0.25, -0.2) is 4.98 Å². The molecule has 5 nitrogen and oxygen atoms in total. The fourth-order valence-corrected chi connectivity index (χ4v) is 1.88. The number of aromatic nitrogens is 2. The van der Waals surface area contributed by atoms with Crippen LogP contribution in [0.5, 0.6) is 11.5 Å². The summed E-state index contributed by atoms with van der Waals surface area (Å²) in [6.45, 7) is 3.66. The number of ether oxygens (including phenoxy) is 2. The lowest BCUT2D eigenvalue weighted by Crippen LogP contribution is -2.15. The second kappa shape index (κ2) is 5.14. The van der Waals surface area contributed by atoms with Crippen LogP contribution in [0.25, 0.3) is 11.3 Å². The molecular formula is C14H16N2O3. The van der Waals surface area contributed by atoms with Crippen LogP contribution in [0.2, 0.25) is 0 Å². The van der Waals surface area contributed by atoms with E-state index in [1.807, 2.05) is 13.8 Å². The lowest BCUT2D eigenvalue weighted by Gasteiger charge is -2.12. The summed E-state index contributed by atoms with van der Waals surface area (Å²) in [6.07, 6.45) is 0. The highest BCUT2D eigenvalue weighted by Gasteiger charge is 2.16. The van der Waals surface area contributed by atoms with Gasteiger partial charge in [-0.1, -0.05) is 6.07 Å². The van der Waals surface area contributed by atoms with Crippen molar-refractivity contribution in [3.63, 3.8) is 0 Å². The summed E-state index contributed by atoms with van der Waals surface area (Å²) >= 11 is 0. The zero-order chi connectivity index (χ0) is 14.0. The van der Waals surface area contributed by atoms with E-state index in [2.05, 4.69) is 9.97 Å². The lowest BCUT2D eigenvalue weighted by atomic mass is 10.1. The first-order valence-electron chi connectivity index (χ1n) is 5.87. The second-order valence-corrected chi connectivity index (χ2v) is 4.17. The number of nitrogens with one attached hydrogen (secondary N) is 1. The Morgan fingerprint density at radius 3 is 2.53 bits per heavy atom. The van der Waals surface area contributed by atoms with Crippen LogP contribution in [-0.2, 0) is 0 Å². The zero-order valence-electron chi connectivity index (χ0n) is 11.4. The number of aryl methyl sites for hydroxylation is 2. The van der Waals surface area contributed by atoms with Crippen LogP contribution in [0, 0.1) is 13.8 Å². The van der Waals surface area contributed by atoms with Crippen molar-refractivity contribution in [3.8, 4) is 22.8 Å². The molecular weight excluding hydrogens is 244 g/mol. The summed E-state index contributed by atoms with van der Waals surface area (Å²) in [7, 11) is 3.09. The van der Waals surface area contributed by atoms with Gasteiger partial charge in [-0.2, -0.15) is 0 Å². The number of benzene rings is 1. The maximum absolute atomic E-state index is 12.0. The van der Waals surface area contributed by atoms with Crippen molar-refractivity contribution in [2.75, 3.05) is 14.2 Å². The third-order valence-corrected chi connectivity index (χ3v) is 3.00. The average molecular weight is 260 g/mol. The number of hydrogen-bond donors (Lipinski definition) is 1. The van der Waals surface area contributed by atoms with Gasteiger partial charge in [0.15, 0.2) is 11.5 Å². The molecule has 2 aromatic rings. The molecule has 0 radical (unpaired) electrons. The smallest absolute Gasteiger partial charge is 0.274 e. The molecule has 2 rings (SSSR count). The summed E-state index contributed by atoms with van der Waals surface area (Å²) in [4.78, 5) is 19.2. The van der Waals surface area contributed by atoms with E-state index in [9.17, 15) is 4.79 Å². The van der Waals surface area contributed by atoms with Crippen molar-refractivity contribution in [1.29, 1.82) is 0 Å². The zero-order valence-corrected chi connectivity index (χ0v) is 11.4. The molecule has 1 heterocycles. The van der Waals surface area contributed by atoms with Gasteiger partial charge in [-0.3, -0.25) is 4.79 Å². The van der Waals surface area contributed by atoms with Gasteiger partial charge in [0.05, 0.1) is 25.5 Å². The van der Waals surface area contributed by atoms with Crippen LogP contribution in [0.3, 0.4) is 0 Å². The van der Waals surface area contributed by atoms with Crippen molar-refractivity contribution in [1.82, 2.24) is 9.97 Å². The predicted molar refractivity (Wildman–Crippen MR) is 72.9 cm³/mol. The molecule has 1 aromatic carbocycles. The Labute approximate surface area is 111 Å². The molecule has 0 aliphatic heterocycles. The quantitative estimate of drug-likeness (QED) is 0.917. The van der Waals surface area contributed by atoms with Crippen molar-refractivity contribution in [3.05, 3.63) is 39.9 Å². The predicted octanol–water partition coefficient (Wildman–Crippen LogP) is 2.07. The number of nitrogens with zero attached hydrogens (tertiary/aromatic N) is 1. The number of hydrogen-bond acceptors (Lipinski definition) is 4. The Hall–Kier alpha value is -2.30. The first-order chi connectivity index (χ1) is 9.08. The van der Waals surface area contributed by atoms with E-state index in [0.717, 1.165) is 11.4 Å². The number of rotatable bonds is 3. The average Bonchev–Trinajstić information content (AvgIpc) is 2.41. The Bertz CT molecular complexity index is 662. The summed E-state index contributed by atoms with van der Waals surface area (Å²) < 4.78 is 10.6. The summed E-state index contributed by atoms with van der Waals surface area (Å²) in [5, 5.41) is 0. The first-order valence-corrected chi connectivity index (χ1v) is 5.87. The van der Waals surface area contributed by atoms with Gasteiger partial charge in [-0.15, -0.1) is 0 Å². The van der Waals surface area contributed by atoms with Gasteiger partial charge >= 0.3 is 0 Å². The molecule has 0 saturated heterocycles. The number of H-pyrrole nitrogens is 1. The number of aromatic amines is 1. The van der Waals surface area contributed by atoms with E-state index in [-0.39, 0.29) is 5.56 Å². The van der Waals surface area contributed by atoms with Crippen molar-refractivity contribution in [2.45, 2.75) is 13.8 Å². The van der Waals surface area contributed by atoms with Crippen LogP contribution < -0.4 is 15.0 Å². The van der Waals surface area contributed by atoms with E-state index < -0.39 is 0 Å². The molecule has 19 heavy (non-hydrogen) atoms. The molecule has 1 aromatic heterocycles. The minimum absolute atomic E-state index is 0.241. The monoisotopic (exact) mass is 260 g/mol. The molecule has 0 amide bonds. The third-order valence-electron chi connectivity index (χ3n) is 3.00. The molecule has 0 saturated carbocycles. The van der Waals surface area contributed by atoms with Gasteiger partial charge in [-0.05, 0) is 26.0 Å². The Morgan fingerprint density at radius 1 is 1.16 bits per heavy atom. The van der Waals surface area contributed by atoms with E-state index in [4.69, 9.17) is 9.47 Å². The molecule has 0 atom stereocenters. The lowest BCUT2D eigenvalue weighted by molar-refractivity contribution is 0.356. The normalized spacial score (nSPS) is 10.3. The highest BCUT2D eigenvalue weighted by molar-refractivity contribution is 5.70. The molecule has 0 unspecified atom stereocenters. The van der Waals surface area contributed by atoms with E-state index in [1.54, 1.807) is 25.3 Å². The van der Waals surface area contributed by atoms with Gasteiger partial charge in [0.25, 0.3) is 5.56 Å². The Kier molecular flexibility index (Phi) is 3.55. The van der Waals surface area contributed by atoms with Gasteiger partial charge in [0.1, 0.15) is 5.69 Å². The molecule has 0 aliphatic rings. The maximum Gasteiger partial charge on any atom is 0.274 e. The molecule has 5 heteroatoms. The molecule has 0 aliphatic carbocycles.